The van der Waals surface area contributed by atoms with E-state index in [2.05, 4.69) is 34.6 Å². The highest BCUT2D eigenvalue weighted by atomic mass is 32.2. The van der Waals surface area contributed by atoms with Crippen LogP contribution in [0, 0.1) is 6.92 Å². The van der Waals surface area contributed by atoms with Crippen LogP contribution in [-0.2, 0) is 17.1 Å². The summed E-state index contributed by atoms with van der Waals surface area (Å²) in [6.07, 6.45) is 5.48. The number of hydrogen-bond donors (Lipinski definition) is 0. The number of aromatic nitrogens is 5. The Labute approximate surface area is 203 Å². The molecule has 6 aromatic rings. The summed E-state index contributed by atoms with van der Waals surface area (Å²) in [6, 6.07) is 17.2. The van der Waals surface area contributed by atoms with Gasteiger partial charge in [0.15, 0.2) is 5.65 Å². The fourth-order valence-electron chi connectivity index (χ4n) is 4.87. The van der Waals surface area contributed by atoms with Crippen molar-refractivity contribution >= 4 is 42.9 Å². The van der Waals surface area contributed by atoms with Gasteiger partial charge >= 0.3 is 0 Å². The molecular formula is C27H25N5O2S. The Balaban J connectivity index is 1.77. The number of aryl methyl sites for hydroxylation is 2. The molecule has 0 saturated heterocycles. The molecule has 0 bridgehead atoms. The third-order valence-electron chi connectivity index (χ3n) is 6.61. The standard InChI is InChI=1S/C27H25N5O2S/c1-17(2)31-16-23(21-7-5-6-8-24(21)31)25-13-22-26-19(15-29-30(26)4)14-28-27(22)32(25)35(33,34)20-11-9-18(3)10-12-20/h5-17H,1-4H3. The maximum absolute atomic E-state index is 14.1. The molecule has 35 heavy (non-hydrogen) atoms. The first-order valence-corrected chi connectivity index (χ1v) is 13.0. The predicted octanol–water partition coefficient (Wildman–Crippen LogP) is 5.67. The SMILES string of the molecule is Cc1ccc(S(=O)(=O)n2c(-c3cn(C(C)C)c4ccccc34)cc3c4c(cnc32)cnn4C)cc1. The fraction of sp³-hybridized carbons (Fsp3) is 0.185. The number of para-hydroxylation sites is 1. The molecule has 7 nitrogen and oxygen atoms in total. The molecule has 8 heteroatoms. The second kappa shape index (κ2) is 7.55. The topological polar surface area (TPSA) is 74.7 Å². The van der Waals surface area contributed by atoms with Crippen LogP contribution in [-0.4, -0.2) is 31.7 Å². The number of fused-ring (bicyclic) bond motifs is 4. The van der Waals surface area contributed by atoms with Gasteiger partial charge in [-0.2, -0.15) is 5.10 Å². The van der Waals surface area contributed by atoms with Crippen molar-refractivity contribution in [2.24, 2.45) is 7.05 Å². The van der Waals surface area contributed by atoms with Gasteiger partial charge in [0.25, 0.3) is 10.0 Å². The highest BCUT2D eigenvalue weighted by molar-refractivity contribution is 7.90. The van der Waals surface area contributed by atoms with E-state index in [0.717, 1.165) is 38.3 Å². The highest BCUT2D eigenvalue weighted by Crippen LogP contribution is 2.39. The molecule has 176 valence electrons. The van der Waals surface area contributed by atoms with Crippen molar-refractivity contribution in [2.75, 3.05) is 0 Å². The molecule has 0 unspecified atom stereocenters. The fourth-order valence-corrected chi connectivity index (χ4v) is 6.35. The van der Waals surface area contributed by atoms with E-state index < -0.39 is 10.0 Å². The lowest BCUT2D eigenvalue weighted by molar-refractivity contribution is 0.589. The molecule has 6 rings (SSSR count). The molecule has 4 aromatic heterocycles. The van der Waals surface area contributed by atoms with Gasteiger partial charge in [-0.25, -0.2) is 17.4 Å². The highest BCUT2D eigenvalue weighted by Gasteiger charge is 2.28. The molecule has 0 amide bonds. The van der Waals surface area contributed by atoms with Crippen molar-refractivity contribution in [1.82, 2.24) is 23.3 Å². The molecule has 0 atom stereocenters. The summed E-state index contributed by atoms with van der Waals surface area (Å²) in [4.78, 5) is 4.85. The van der Waals surface area contributed by atoms with E-state index in [0.29, 0.717) is 11.3 Å². The zero-order chi connectivity index (χ0) is 24.5. The van der Waals surface area contributed by atoms with E-state index in [9.17, 15) is 8.42 Å². The quantitative estimate of drug-likeness (QED) is 0.324. The first kappa shape index (κ1) is 21.6. The van der Waals surface area contributed by atoms with Crippen LogP contribution in [0.4, 0.5) is 0 Å². The Morgan fingerprint density at radius 3 is 2.43 bits per heavy atom. The molecule has 0 N–H and O–H groups in total. The first-order valence-electron chi connectivity index (χ1n) is 11.5. The van der Waals surface area contributed by atoms with E-state index in [4.69, 9.17) is 0 Å². The molecule has 0 aliphatic carbocycles. The summed E-state index contributed by atoms with van der Waals surface area (Å²) >= 11 is 0. The van der Waals surface area contributed by atoms with Gasteiger partial charge < -0.3 is 4.57 Å². The van der Waals surface area contributed by atoms with Gasteiger partial charge in [-0.05, 0) is 45.0 Å². The van der Waals surface area contributed by atoms with Crippen LogP contribution in [0.1, 0.15) is 25.5 Å². The normalized spacial score (nSPS) is 12.5. The van der Waals surface area contributed by atoms with Gasteiger partial charge in [-0.15, -0.1) is 0 Å². The molecular weight excluding hydrogens is 458 g/mol. The lowest BCUT2D eigenvalue weighted by Crippen LogP contribution is -2.14. The minimum absolute atomic E-state index is 0.210. The lowest BCUT2D eigenvalue weighted by Gasteiger charge is -2.12. The van der Waals surface area contributed by atoms with Crippen molar-refractivity contribution in [3.8, 4) is 11.3 Å². The Morgan fingerprint density at radius 1 is 0.943 bits per heavy atom. The number of pyridine rings is 1. The second-order valence-electron chi connectivity index (χ2n) is 9.24. The van der Waals surface area contributed by atoms with E-state index in [1.54, 1.807) is 29.2 Å². The van der Waals surface area contributed by atoms with Crippen molar-refractivity contribution in [2.45, 2.75) is 31.7 Å². The monoisotopic (exact) mass is 483 g/mol. The Bertz CT molecular complexity index is 1860. The second-order valence-corrected chi connectivity index (χ2v) is 11.0. The number of benzene rings is 2. The van der Waals surface area contributed by atoms with E-state index in [1.165, 1.54) is 3.97 Å². The largest absolute Gasteiger partial charge is 0.344 e. The van der Waals surface area contributed by atoms with Crippen LogP contribution in [0.15, 0.2) is 78.1 Å². The Hall–Kier alpha value is -3.91. The van der Waals surface area contributed by atoms with Crippen LogP contribution in [0.2, 0.25) is 0 Å². The molecule has 4 heterocycles. The number of rotatable bonds is 4. The summed E-state index contributed by atoms with van der Waals surface area (Å²) in [7, 11) is -2.09. The average molecular weight is 484 g/mol. The van der Waals surface area contributed by atoms with Crippen LogP contribution in [0.3, 0.4) is 0 Å². The van der Waals surface area contributed by atoms with Crippen molar-refractivity contribution in [3.05, 3.63) is 78.8 Å². The van der Waals surface area contributed by atoms with Gasteiger partial charge in [0.2, 0.25) is 0 Å². The van der Waals surface area contributed by atoms with E-state index in [1.807, 2.05) is 56.6 Å². The third-order valence-corrected chi connectivity index (χ3v) is 8.33. The van der Waals surface area contributed by atoms with Gasteiger partial charge in [-0.1, -0.05) is 35.9 Å². The summed E-state index contributed by atoms with van der Waals surface area (Å²) in [5.74, 6) is 0. The van der Waals surface area contributed by atoms with Crippen LogP contribution in [0.25, 0.3) is 44.1 Å². The predicted molar refractivity (Wildman–Crippen MR) is 139 cm³/mol. The smallest absolute Gasteiger partial charge is 0.269 e. The maximum Gasteiger partial charge on any atom is 0.269 e. The van der Waals surface area contributed by atoms with Gasteiger partial charge in [-0.3, -0.25) is 4.68 Å². The van der Waals surface area contributed by atoms with Crippen molar-refractivity contribution in [3.63, 3.8) is 0 Å². The lowest BCUT2D eigenvalue weighted by atomic mass is 10.1. The molecule has 0 fully saturated rings. The van der Waals surface area contributed by atoms with Crippen molar-refractivity contribution < 1.29 is 8.42 Å². The summed E-state index contributed by atoms with van der Waals surface area (Å²) < 4.78 is 33.6. The molecule has 0 spiro atoms. The summed E-state index contributed by atoms with van der Waals surface area (Å²) in [5.41, 5.74) is 4.72. The molecule has 0 aliphatic rings. The first-order chi connectivity index (χ1) is 16.8. The summed E-state index contributed by atoms with van der Waals surface area (Å²) in [5, 5.41) is 6.98. The zero-order valence-electron chi connectivity index (χ0n) is 20.0. The number of hydrogen-bond acceptors (Lipinski definition) is 4. The average Bonchev–Trinajstić information content (AvgIpc) is 3.52. The van der Waals surface area contributed by atoms with Crippen LogP contribution >= 0.6 is 0 Å². The Kier molecular flexibility index (Phi) is 4.66. The maximum atomic E-state index is 14.1. The zero-order valence-corrected chi connectivity index (χ0v) is 20.8. The molecule has 0 aliphatic heterocycles. The van der Waals surface area contributed by atoms with Gasteiger partial charge in [0, 0.05) is 52.7 Å². The van der Waals surface area contributed by atoms with Gasteiger partial charge in [0.1, 0.15) is 0 Å². The van der Waals surface area contributed by atoms with E-state index >= 15 is 0 Å². The van der Waals surface area contributed by atoms with Crippen LogP contribution < -0.4 is 0 Å². The molecule has 0 radical (unpaired) electrons. The minimum atomic E-state index is -3.95. The minimum Gasteiger partial charge on any atom is -0.344 e. The summed E-state index contributed by atoms with van der Waals surface area (Å²) in [6.45, 7) is 6.18. The molecule has 2 aromatic carbocycles. The third kappa shape index (κ3) is 3.13. The molecule has 0 saturated carbocycles. The van der Waals surface area contributed by atoms with Crippen molar-refractivity contribution in [1.29, 1.82) is 0 Å². The van der Waals surface area contributed by atoms with Gasteiger partial charge in [0.05, 0.1) is 22.3 Å². The van der Waals surface area contributed by atoms with E-state index in [-0.39, 0.29) is 10.9 Å². The Morgan fingerprint density at radius 2 is 1.69 bits per heavy atom. The van der Waals surface area contributed by atoms with Crippen LogP contribution in [0.5, 0.6) is 0 Å². The number of nitrogens with zero attached hydrogens (tertiary/aromatic N) is 5.